The summed E-state index contributed by atoms with van der Waals surface area (Å²) in [6.07, 6.45) is -5.14. The number of halogens is 3. The Kier molecular flexibility index (Phi) is 7.95. The quantitative estimate of drug-likeness (QED) is 0.641. The van der Waals surface area contributed by atoms with Gasteiger partial charge in [0, 0.05) is 29.9 Å². The van der Waals surface area contributed by atoms with Crippen LogP contribution in [-0.4, -0.2) is 62.3 Å². The molecule has 4 amide bonds. The lowest BCUT2D eigenvalue weighted by Crippen LogP contribution is -2.48. The first-order valence-corrected chi connectivity index (χ1v) is 10.2. The van der Waals surface area contributed by atoms with Crippen molar-refractivity contribution in [3.8, 4) is 5.75 Å². The van der Waals surface area contributed by atoms with Crippen molar-refractivity contribution in [2.24, 2.45) is 0 Å². The second kappa shape index (κ2) is 10.9. The van der Waals surface area contributed by atoms with E-state index in [-0.39, 0.29) is 23.9 Å². The van der Waals surface area contributed by atoms with E-state index in [4.69, 9.17) is 9.47 Å². The average molecular weight is 480 g/mol. The number of ether oxygens (including phenoxy) is 2. The molecule has 182 valence electrons. The van der Waals surface area contributed by atoms with E-state index >= 15 is 0 Å². The van der Waals surface area contributed by atoms with Gasteiger partial charge in [-0.2, -0.15) is 13.2 Å². The number of anilines is 1. The number of hydrazine groups is 1. The number of amides is 4. The van der Waals surface area contributed by atoms with Crippen molar-refractivity contribution >= 4 is 23.5 Å². The fourth-order valence-corrected chi connectivity index (χ4v) is 3.25. The smallest absolute Gasteiger partial charge is 0.472 e. The molecule has 0 aromatic heterocycles. The maximum atomic E-state index is 13.3. The third-order valence-corrected chi connectivity index (χ3v) is 5.01. The number of nitrogens with one attached hydrogen (secondary N) is 2. The Morgan fingerprint density at radius 3 is 2.35 bits per heavy atom. The van der Waals surface area contributed by atoms with Gasteiger partial charge in [-0.05, 0) is 24.3 Å². The van der Waals surface area contributed by atoms with Crippen molar-refractivity contribution in [2.75, 3.05) is 38.3 Å². The Morgan fingerprint density at radius 1 is 1.06 bits per heavy atom. The molecular weight excluding hydrogens is 457 g/mol. The van der Waals surface area contributed by atoms with Crippen molar-refractivity contribution < 1.29 is 37.0 Å². The molecule has 0 atom stereocenters. The molecule has 1 fully saturated rings. The second-order valence-electron chi connectivity index (χ2n) is 7.24. The number of hydrogen-bond acceptors (Lipinski definition) is 5. The van der Waals surface area contributed by atoms with Gasteiger partial charge in [0.15, 0.2) is 0 Å². The minimum absolute atomic E-state index is 0.0474. The van der Waals surface area contributed by atoms with E-state index in [1.807, 2.05) is 6.07 Å². The summed E-state index contributed by atoms with van der Waals surface area (Å²) in [5.74, 6) is -3.03. The maximum Gasteiger partial charge on any atom is 0.472 e. The molecule has 0 bridgehead atoms. The monoisotopic (exact) mass is 480 g/mol. The Balaban J connectivity index is 1.80. The van der Waals surface area contributed by atoms with Gasteiger partial charge < -0.3 is 14.4 Å². The summed E-state index contributed by atoms with van der Waals surface area (Å²) in [7, 11) is 1.36. The number of carbonyl (C=O) groups excluding carboxylic acids is 3. The molecule has 1 saturated heterocycles. The number of hydrogen-bond donors (Lipinski definition) is 2. The van der Waals surface area contributed by atoms with Gasteiger partial charge >= 0.3 is 18.1 Å². The van der Waals surface area contributed by atoms with Gasteiger partial charge in [-0.1, -0.05) is 24.3 Å². The van der Waals surface area contributed by atoms with E-state index in [9.17, 15) is 27.6 Å². The van der Waals surface area contributed by atoms with Crippen LogP contribution < -0.4 is 20.5 Å². The molecule has 1 heterocycles. The zero-order chi connectivity index (χ0) is 24.7. The summed E-state index contributed by atoms with van der Waals surface area (Å²) in [6, 6.07) is 13.0. The van der Waals surface area contributed by atoms with Crippen molar-refractivity contribution in [1.29, 1.82) is 0 Å². The Hall–Kier alpha value is -3.80. The lowest BCUT2D eigenvalue weighted by molar-refractivity contribution is -0.174. The number of carbonyl (C=O) groups is 3. The van der Waals surface area contributed by atoms with Crippen molar-refractivity contribution in [1.82, 2.24) is 15.8 Å². The van der Waals surface area contributed by atoms with Crippen LogP contribution in [0.3, 0.4) is 0 Å². The molecule has 0 spiro atoms. The zero-order valence-electron chi connectivity index (χ0n) is 18.2. The Morgan fingerprint density at radius 2 is 1.74 bits per heavy atom. The number of para-hydroxylation sites is 1. The van der Waals surface area contributed by atoms with E-state index in [0.717, 1.165) is 0 Å². The van der Waals surface area contributed by atoms with Gasteiger partial charge in [-0.3, -0.25) is 25.3 Å². The van der Waals surface area contributed by atoms with Gasteiger partial charge in [-0.25, -0.2) is 4.79 Å². The molecule has 3 rings (SSSR count). The molecule has 0 radical (unpaired) electrons. The standard InChI is InChI=1S/C22H23F3N4O5/c1-33-18-13-15(19(30)26-27-20(31)22(23,24)25)7-8-16(18)14-29(17-5-3-2-4-6-17)21(32)28-9-11-34-12-10-28/h2-8,13H,9-12,14H2,1H3,(H,26,30)(H,27,31). The minimum atomic E-state index is -5.14. The largest absolute Gasteiger partial charge is 0.496 e. The molecule has 2 aromatic rings. The van der Waals surface area contributed by atoms with Gasteiger partial charge in [0.25, 0.3) is 5.91 Å². The summed E-state index contributed by atoms with van der Waals surface area (Å²) in [4.78, 5) is 39.6. The molecule has 1 aliphatic rings. The SMILES string of the molecule is COc1cc(C(=O)NNC(=O)C(F)(F)F)ccc1CN(C(=O)N1CCOCC1)c1ccccc1. The predicted molar refractivity (Wildman–Crippen MR) is 115 cm³/mol. The van der Waals surface area contributed by atoms with Gasteiger partial charge in [0.1, 0.15) is 5.75 Å². The fraction of sp³-hybridized carbons (Fsp3) is 0.318. The molecule has 9 nitrogen and oxygen atoms in total. The number of benzene rings is 2. The van der Waals surface area contributed by atoms with Crippen LogP contribution in [-0.2, 0) is 16.1 Å². The van der Waals surface area contributed by atoms with E-state index in [0.29, 0.717) is 37.6 Å². The van der Waals surface area contributed by atoms with Crippen LogP contribution >= 0.6 is 0 Å². The van der Waals surface area contributed by atoms with Gasteiger partial charge in [0.05, 0.1) is 26.9 Å². The van der Waals surface area contributed by atoms with E-state index in [1.165, 1.54) is 30.7 Å². The summed E-state index contributed by atoms with van der Waals surface area (Å²) < 4.78 is 47.6. The summed E-state index contributed by atoms with van der Waals surface area (Å²) in [5.41, 5.74) is 4.17. The van der Waals surface area contributed by atoms with Crippen molar-refractivity contribution in [3.05, 3.63) is 59.7 Å². The minimum Gasteiger partial charge on any atom is -0.496 e. The number of morpholine rings is 1. The highest BCUT2D eigenvalue weighted by molar-refractivity contribution is 5.96. The molecule has 2 aromatic carbocycles. The highest BCUT2D eigenvalue weighted by Gasteiger charge is 2.39. The maximum absolute atomic E-state index is 13.3. The van der Waals surface area contributed by atoms with Crippen LogP contribution in [0.25, 0.3) is 0 Å². The topological polar surface area (TPSA) is 100 Å². The van der Waals surface area contributed by atoms with Crippen LogP contribution in [0.1, 0.15) is 15.9 Å². The van der Waals surface area contributed by atoms with Gasteiger partial charge in [0.2, 0.25) is 0 Å². The Bertz CT molecular complexity index is 1030. The van der Waals surface area contributed by atoms with Crippen LogP contribution in [0.4, 0.5) is 23.7 Å². The lowest BCUT2D eigenvalue weighted by Gasteiger charge is -2.33. The zero-order valence-corrected chi connectivity index (χ0v) is 18.2. The summed E-state index contributed by atoms with van der Waals surface area (Å²) >= 11 is 0. The fourth-order valence-electron chi connectivity index (χ4n) is 3.25. The van der Waals surface area contributed by atoms with Crippen molar-refractivity contribution in [3.63, 3.8) is 0 Å². The normalized spacial score (nSPS) is 13.7. The number of nitrogens with zero attached hydrogens (tertiary/aromatic N) is 2. The molecule has 1 aliphatic heterocycles. The molecule has 0 aliphatic carbocycles. The average Bonchev–Trinajstić information content (AvgIpc) is 2.85. The summed E-state index contributed by atoms with van der Waals surface area (Å²) in [6.45, 7) is 1.87. The van der Waals surface area contributed by atoms with Gasteiger partial charge in [-0.15, -0.1) is 0 Å². The molecule has 0 unspecified atom stereocenters. The highest BCUT2D eigenvalue weighted by Crippen LogP contribution is 2.26. The molecule has 12 heteroatoms. The number of methoxy groups -OCH3 is 1. The molecular formula is C22H23F3N4O5. The van der Waals surface area contributed by atoms with E-state index in [1.54, 1.807) is 39.5 Å². The Labute approximate surface area is 193 Å². The van der Waals surface area contributed by atoms with E-state index < -0.39 is 18.0 Å². The van der Waals surface area contributed by atoms with E-state index in [2.05, 4.69) is 0 Å². The number of rotatable bonds is 5. The first-order chi connectivity index (χ1) is 16.2. The van der Waals surface area contributed by atoms with Crippen LogP contribution in [0.2, 0.25) is 0 Å². The predicted octanol–water partition coefficient (Wildman–Crippen LogP) is 2.48. The first-order valence-electron chi connectivity index (χ1n) is 10.2. The van der Waals surface area contributed by atoms with Crippen LogP contribution in [0.15, 0.2) is 48.5 Å². The molecule has 2 N–H and O–H groups in total. The third kappa shape index (κ3) is 6.16. The second-order valence-corrected chi connectivity index (χ2v) is 7.24. The van der Waals surface area contributed by atoms with Crippen LogP contribution in [0.5, 0.6) is 5.75 Å². The molecule has 0 saturated carbocycles. The summed E-state index contributed by atoms with van der Waals surface area (Å²) in [5, 5.41) is 0. The highest BCUT2D eigenvalue weighted by atomic mass is 19.4. The van der Waals surface area contributed by atoms with Crippen LogP contribution in [0, 0.1) is 0 Å². The molecule has 34 heavy (non-hydrogen) atoms. The number of urea groups is 1. The first kappa shape index (κ1) is 24.8. The third-order valence-electron chi connectivity index (χ3n) is 5.01. The number of alkyl halides is 3. The van der Waals surface area contributed by atoms with Crippen molar-refractivity contribution in [2.45, 2.75) is 12.7 Å². The lowest BCUT2D eigenvalue weighted by atomic mass is 10.1.